The third-order valence-corrected chi connectivity index (χ3v) is 12.9. The molecule has 2 atom stereocenters. The summed E-state index contributed by atoms with van der Waals surface area (Å²) >= 11 is 0. The lowest BCUT2D eigenvalue weighted by Gasteiger charge is -2.20. The summed E-state index contributed by atoms with van der Waals surface area (Å²) in [7, 11) is 0. The van der Waals surface area contributed by atoms with Crippen molar-refractivity contribution < 1.29 is 24.5 Å². The van der Waals surface area contributed by atoms with Crippen LogP contribution in [-0.2, 0) is 14.3 Å². The lowest BCUT2D eigenvalue weighted by atomic mass is 10.0. The molecule has 376 valence electrons. The number of nitrogens with one attached hydrogen (secondary N) is 1. The van der Waals surface area contributed by atoms with Crippen molar-refractivity contribution in [3.05, 3.63) is 36.5 Å². The number of aliphatic hydroxyl groups excluding tert-OH is 2. The van der Waals surface area contributed by atoms with Gasteiger partial charge in [-0.05, 0) is 83.5 Å². The highest BCUT2D eigenvalue weighted by molar-refractivity contribution is 5.76. The molecule has 0 radical (unpaired) electrons. The van der Waals surface area contributed by atoms with Gasteiger partial charge in [-0.15, -0.1) is 0 Å². The van der Waals surface area contributed by atoms with Gasteiger partial charge in [-0.2, -0.15) is 0 Å². The van der Waals surface area contributed by atoms with E-state index in [0.717, 1.165) is 83.5 Å². The third-order valence-electron chi connectivity index (χ3n) is 12.9. The van der Waals surface area contributed by atoms with Crippen LogP contribution in [0.5, 0.6) is 0 Å². The summed E-state index contributed by atoms with van der Waals surface area (Å²) in [6, 6.07) is -0.648. The van der Waals surface area contributed by atoms with Crippen LogP contribution >= 0.6 is 0 Å². The van der Waals surface area contributed by atoms with Gasteiger partial charge < -0.3 is 20.3 Å². The Labute approximate surface area is 398 Å². The third kappa shape index (κ3) is 49.5. The second kappa shape index (κ2) is 53.7. The van der Waals surface area contributed by atoms with E-state index in [0.29, 0.717) is 19.4 Å². The van der Waals surface area contributed by atoms with Gasteiger partial charge in [-0.1, -0.05) is 237 Å². The Hall–Kier alpha value is -1.92. The normalized spacial score (nSPS) is 12.9. The van der Waals surface area contributed by atoms with Gasteiger partial charge >= 0.3 is 5.97 Å². The maximum Gasteiger partial charge on any atom is 0.305 e. The van der Waals surface area contributed by atoms with Crippen LogP contribution in [0.3, 0.4) is 0 Å². The fourth-order valence-electron chi connectivity index (χ4n) is 8.49. The number of aliphatic hydroxyl groups is 2. The SMILES string of the molecule is CCCC/C=C\CCCCCCCC(=O)OCCCCC/C=C\CCCCCCCC(=O)NC(CO)C(O)/C=C/CCCCCCCCCCCCCCCCCCCCCCCC. The molecule has 0 rings (SSSR count). The standard InChI is InChI=1S/C58H109NO5/c1-3-5-7-9-11-13-15-16-17-18-19-20-21-22-23-24-25-26-27-31-34-38-42-46-50-56(61)55(54-60)59-57(62)51-47-43-39-35-32-28-29-33-37-41-45-49-53-64-58(63)52-48-44-40-36-30-14-12-10-8-6-4-2/h10,12,29,33,46,50,55-56,60-61H,3-9,11,13-28,30-32,34-45,47-49,51-54H2,1-2H3,(H,59,62)/b12-10-,33-29-,50-46+. The van der Waals surface area contributed by atoms with Crippen molar-refractivity contribution in [2.45, 2.75) is 309 Å². The van der Waals surface area contributed by atoms with Crippen LogP contribution in [0.4, 0.5) is 0 Å². The summed E-state index contributed by atoms with van der Waals surface area (Å²) in [4.78, 5) is 24.4. The molecule has 0 aliphatic heterocycles. The number of carbonyl (C=O) groups is 2. The highest BCUT2D eigenvalue weighted by atomic mass is 16.5. The topological polar surface area (TPSA) is 95.9 Å². The zero-order valence-corrected chi connectivity index (χ0v) is 42.8. The molecule has 3 N–H and O–H groups in total. The monoisotopic (exact) mass is 900 g/mol. The van der Waals surface area contributed by atoms with E-state index in [9.17, 15) is 19.8 Å². The number of amides is 1. The van der Waals surface area contributed by atoms with E-state index in [1.807, 2.05) is 6.08 Å². The first kappa shape index (κ1) is 62.1. The number of hydrogen-bond acceptors (Lipinski definition) is 5. The maximum absolute atomic E-state index is 12.5. The Morgan fingerprint density at radius 3 is 1.16 bits per heavy atom. The molecule has 0 aromatic heterocycles. The number of rotatable bonds is 52. The van der Waals surface area contributed by atoms with Crippen molar-refractivity contribution in [3.63, 3.8) is 0 Å². The van der Waals surface area contributed by atoms with Gasteiger partial charge in [0, 0.05) is 12.8 Å². The number of hydrogen-bond donors (Lipinski definition) is 3. The second-order valence-electron chi connectivity index (χ2n) is 19.3. The van der Waals surface area contributed by atoms with Crippen LogP contribution in [0.25, 0.3) is 0 Å². The first-order valence-corrected chi connectivity index (χ1v) is 28.3. The molecule has 0 aliphatic rings. The van der Waals surface area contributed by atoms with Crippen LogP contribution in [0.2, 0.25) is 0 Å². The van der Waals surface area contributed by atoms with E-state index < -0.39 is 12.1 Å². The molecule has 0 heterocycles. The smallest absolute Gasteiger partial charge is 0.305 e. The highest BCUT2D eigenvalue weighted by Gasteiger charge is 2.18. The van der Waals surface area contributed by atoms with Crippen molar-refractivity contribution in [1.29, 1.82) is 0 Å². The first-order chi connectivity index (χ1) is 31.5. The lowest BCUT2D eigenvalue weighted by molar-refractivity contribution is -0.143. The Balaban J connectivity index is 3.54. The molecule has 0 bridgehead atoms. The number of carbonyl (C=O) groups excluding carboxylic acids is 2. The van der Waals surface area contributed by atoms with E-state index in [2.05, 4.69) is 43.5 Å². The van der Waals surface area contributed by atoms with Crippen LogP contribution in [0, 0.1) is 0 Å². The van der Waals surface area contributed by atoms with Crippen LogP contribution in [0.1, 0.15) is 296 Å². The lowest BCUT2D eigenvalue weighted by Crippen LogP contribution is -2.45. The van der Waals surface area contributed by atoms with Gasteiger partial charge in [0.05, 0.1) is 25.4 Å². The summed E-state index contributed by atoms with van der Waals surface area (Å²) in [5.74, 6) is -0.128. The molecule has 6 nitrogen and oxygen atoms in total. The van der Waals surface area contributed by atoms with E-state index in [4.69, 9.17) is 4.74 Å². The number of unbranched alkanes of at least 4 members (excludes halogenated alkanes) is 37. The zero-order valence-electron chi connectivity index (χ0n) is 42.8. The average Bonchev–Trinajstić information content (AvgIpc) is 3.29. The molecule has 64 heavy (non-hydrogen) atoms. The van der Waals surface area contributed by atoms with Gasteiger partial charge in [0.15, 0.2) is 0 Å². The highest BCUT2D eigenvalue weighted by Crippen LogP contribution is 2.16. The van der Waals surface area contributed by atoms with E-state index in [1.54, 1.807) is 6.08 Å². The summed E-state index contributed by atoms with van der Waals surface area (Å²) in [5, 5.41) is 23.2. The van der Waals surface area contributed by atoms with Crippen molar-refractivity contribution in [2.24, 2.45) is 0 Å². The van der Waals surface area contributed by atoms with Gasteiger partial charge in [-0.3, -0.25) is 9.59 Å². The zero-order chi connectivity index (χ0) is 46.5. The van der Waals surface area contributed by atoms with Crippen molar-refractivity contribution in [2.75, 3.05) is 13.2 Å². The Morgan fingerprint density at radius 2 is 0.750 bits per heavy atom. The fourth-order valence-corrected chi connectivity index (χ4v) is 8.49. The minimum Gasteiger partial charge on any atom is -0.466 e. The molecular formula is C58H109NO5. The largest absolute Gasteiger partial charge is 0.466 e. The molecule has 0 spiro atoms. The van der Waals surface area contributed by atoms with Crippen LogP contribution in [0.15, 0.2) is 36.5 Å². The van der Waals surface area contributed by atoms with E-state index >= 15 is 0 Å². The Morgan fingerprint density at radius 1 is 0.422 bits per heavy atom. The fraction of sp³-hybridized carbons (Fsp3) is 0.862. The molecular weight excluding hydrogens is 791 g/mol. The summed E-state index contributed by atoms with van der Waals surface area (Å²) in [5.41, 5.74) is 0. The van der Waals surface area contributed by atoms with Gasteiger partial charge in [0.25, 0.3) is 0 Å². The quantitative estimate of drug-likeness (QED) is 0.0321. The number of ether oxygens (including phenoxy) is 1. The van der Waals surface area contributed by atoms with Crippen molar-refractivity contribution in [3.8, 4) is 0 Å². The number of esters is 1. The van der Waals surface area contributed by atoms with E-state index in [-0.39, 0.29) is 18.5 Å². The molecule has 0 aliphatic carbocycles. The van der Waals surface area contributed by atoms with Crippen LogP contribution in [-0.4, -0.2) is 47.4 Å². The predicted molar refractivity (Wildman–Crippen MR) is 278 cm³/mol. The maximum atomic E-state index is 12.5. The summed E-state index contributed by atoms with van der Waals surface area (Å²) < 4.78 is 5.42. The Bertz CT molecular complexity index is 1040. The first-order valence-electron chi connectivity index (χ1n) is 28.3. The second-order valence-corrected chi connectivity index (χ2v) is 19.3. The molecule has 0 fully saturated rings. The van der Waals surface area contributed by atoms with Gasteiger partial charge in [-0.25, -0.2) is 0 Å². The minimum absolute atomic E-state index is 0.0354. The Kier molecular flexibility index (Phi) is 52.1. The van der Waals surface area contributed by atoms with Crippen molar-refractivity contribution >= 4 is 11.9 Å². The van der Waals surface area contributed by atoms with Crippen molar-refractivity contribution in [1.82, 2.24) is 5.32 Å². The average molecular weight is 901 g/mol. The molecule has 0 aromatic rings. The van der Waals surface area contributed by atoms with E-state index in [1.165, 1.54) is 186 Å². The molecule has 2 unspecified atom stereocenters. The van der Waals surface area contributed by atoms with Gasteiger partial charge in [0.1, 0.15) is 0 Å². The van der Waals surface area contributed by atoms with Gasteiger partial charge in [0.2, 0.25) is 5.91 Å². The molecule has 0 saturated carbocycles. The minimum atomic E-state index is -0.862. The predicted octanol–water partition coefficient (Wildman–Crippen LogP) is 17.2. The molecule has 1 amide bonds. The molecule has 6 heteroatoms. The van der Waals surface area contributed by atoms with Crippen LogP contribution < -0.4 is 5.32 Å². The molecule has 0 aromatic carbocycles. The molecule has 0 saturated heterocycles. The number of allylic oxidation sites excluding steroid dienone is 5. The summed E-state index contributed by atoms with van der Waals surface area (Å²) in [6.45, 7) is 4.81. The summed E-state index contributed by atoms with van der Waals surface area (Å²) in [6.07, 6.45) is 66.0.